The maximum atomic E-state index is 14.3. The molecule has 1 fully saturated rings. The highest BCUT2D eigenvalue weighted by Crippen LogP contribution is 2.37. The van der Waals surface area contributed by atoms with Gasteiger partial charge in [-0.25, -0.2) is 4.39 Å². The molecule has 0 bridgehead atoms. The molecule has 0 unspecified atom stereocenters. The lowest BCUT2D eigenvalue weighted by atomic mass is 9.77. The van der Waals surface area contributed by atoms with Crippen LogP contribution < -0.4 is 4.74 Å². The molecule has 2 heteroatoms. The minimum Gasteiger partial charge on any atom is -0.491 e. The van der Waals surface area contributed by atoms with E-state index < -0.39 is 0 Å². The summed E-state index contributed by atoms with van der Waals surface area (Å²) in [6.07, 6.45) is 14.1. The van der Waals surface area contributed by atoms with Crippen LogP contribution in [0.4, 0.5) is 4.39 Å². The van der Waals surface area contributed by atoms with Crippen molar-refractivity contribution in [1.82, 2.24) is 0 Å². The fraction of sp³-hybridized carbons (Fsp3) is 0.533. The first-order valence-corrected chi connectivity index (χ1v) is 12.7. The fourth-order valence-corrected chi connectivity index (χ4v) is 4.68. The lowest BCUT2D eigenvalue weighted by Gasteiger charge is -2.29. The molecule has 0 aromatic heterocycles. The van der Waals surface area contributed by atoms with Crippen LogP contribution in [0, 0.1) is 23.6 Å². The molecule has 1 nitrogen and oxygen atoms in total. The molecule has 1 aliphatic carbocycles. The van der Waals surface area contributed by atoms with Crippen molar-refractivity contribution >= 4 is 0 Å². The zero-order valence-electron chi connectivity index (χ0n) is 20.0. The minimum atomic E-state index is -0.339. The van der Waals surface area contributed by atoms with Crippen LogP contribution in [0.15, 0.2) is 42.5 Å². The summed E-state index contributed by atoms with van der Waals surface area (Å²) in [5, 5.41) is 0. The molecule has 2 aromatic carbocycles. The van der Waals surface area contributed by atoms with Crippen LogP contribution in [-0.4, -0.2) is 6.61 Å². The summed E-state index contributed by atoms with van der Waals surface area (Å²) in [6, 6.07) is 13.7. The number of hydrogen-bond acceptors (Lipinski definition) is 1. The molecule has 32 heavy (non-hydrogen) atoms. The van der Waals surface area contributed by atoms with Gasteiger partial charge in [-0.1, -0.05) is 76.3 Å². The average Bonchev–Trinajstić information content (AvgIpc) is 2.82. The van der Waals surface area contributed by atoms with Crippen molar-refractivity contribution in [3.05, 3.63) is 65.0 Å². The molecular formula is C30H39FO. The maximum Gasteiger partial charge on any atom is 0.166 e. The molecule has 0 amide bonds. The maximum absolute atomic E-state index is 14.3. The standard InChI is InChI=1S/C30H39FO/c1-3-5-7-9-24-12-17-27(18-13-24)28-19-14-25(15-20-28)10-11-26-16-21-30(29(31)23-26)32-22-8-6-4-2/h14-16,19-21,23-24,27H,3-9,12-13,17-18,22H2,1-2H3. The molecule has 0 aliphatic heterocycles. The Morgan fingerprint density at radius 2 is 1.47 bits per heavy atom. The monoisotopic (exact) mass is 434 g/mol. The smallest absolute Gasteiger partial charge is 0.166 e. The molecule has 1 saturated carbocycles. The van der Waals surface area contributed by atoms with Gasteiger partial charge < -0.3 is 4.74 Å². The number of hydrogen-bond donors (Lipinski definition) is 0. The second-order valence-electron chi connectivity index (χ2n) is 9.29. The van der Waals surface area contributed by atoms with Crippen molar-refractivity contribution in [2.24, 2.45) is 5.92 Å². The molecule has 0 N–H and O–H groups in total. The van der Waals surface area contributed by atoms with Gasteiger partial charge >= 0.3 is 0 Å². The van der Waals surface area contributed by atoms with Crippen LogP contribution in [0.25, 0.3) is 0 Å². The average molecular weight is 435 g/mol. The summed E-state index contributed by atoms with van der Waals surface area (Å²) >= 11 is 0. The highest BCUT2D eigenvalue weighted by atomic mass is 19.1. The third-order valence-corrected chi connectivity index (χ3v) is 6.73. The Bertz CT molecular complexity index is 866. The summed E-state index contributed by atoms with van der Waals surface area (Å²) in [5.41, 5.74) is 3.09. The lowest BCUT2D eigenvalue weighted by Crippen LogP contribution is -2.13. The Balaban J connectivity index is 1.51. The molecule has 0 saturated heterocycles. The summed E-state index contributed by atoms with van der Waals surface area (Å²) in [6.45, 7) is 4.98. The Morgan fingerprint density at radius 1 is 0.812 bits per heavy atom. The largest absolute Gasteiger partial charge is 0.491 e. The first-order chi connectivity index (χ1) is 15.7. The van der Waals surface area contributed by atoms with Crippen LogP contribution in [-0.2, 0) is 0 Å². The quantitative estimate of drug-likeness (QED) is 0.268. The van der Waals surface area contributed by atoms with E-state index >= 15 is 0 Å². The number of halogens is 1. The molecular weight excluding hydrogens is 395 g/mol. The predicted molar refractivity (Wildman–Crippen MR) is 133 cm³/mol. The third-order valence-electron chi connectivity index (χ3n) is 6.73. The van der Waals surface area contributed by atoms with E-state index in [0.717, 1.165) is 30.7 Å². The van der Waals surface area contributed by atoms with Gasteiger partial charge in [0.1, 0.15) is 0 Å². The van der Waals surface area contributed by atoms with E-state index in [2.05, 4.69) is 50.0 Å². The molecule has 2 aromatic rings. The van der Waals surface area contributed by atoms with Crippen molar-refractivity contribution in [2.45, 2.75) is 90.4 Å². The Morgan fingerprint density at radius 3 is 2.16 bits per heavy atom. The van der Waals surface area contributed by atoms with Crippen LogP contribution in [0.3, 0.4) is 0 Å². The molecule has 0 heterocycles. The van der Waals surface area contributed by atoms with Crippen LogP contribution in [0.2, 0.25) is 0 Å². The summed E-state index contributed by atoms with van der Waals surface area (Å²) < 4.78 is 19.8. The summed E-state index contributed by atoms with van der Waals surface area (Å²) in [7, 11) is 0. The van der Waals surface area contributed by atoms with Gasteiger partial charge in [0, 0.05) is 11.1 Å². The summed E-state index contributed by atoms with van der Waals surface area (Å²) in [5.74, 6) is 7.88. The van der Waals surface area contributed by atoms with Crippen molar-refractivity contribution in [2.75, 3.05) is 6.61 Å². The van der Waals surface area contributed by atoms with E-state index in [1.54, 1.807) is 6.07 Å². The van der Waals surface area contributed by atoms with Gasteiger partial charge in [0.2, 0.25) is 0 Å². The Labute approximate surface area is 194 Å². The van der Waals surface area contributed by atoms with Crippen LogP contribution in [0.5, 0.6) is 5.75 Å². The van der Waals surface area contributed by atoms with Gasteiger partial charge in [-0.05, 0) is 79.8 Å². The van der Waals surface area contributed by atoms with Crippen molar-refractivity contribution in [1.29, 1.82) is 0 Å². The van der Waals surface area contributed by atoms with Gasteiger partial charge in [0.15, 0.2) is 11.6 Å². The molecule has 0 radical (unpaired) electrons. The van der Waals surface area contributed by atoms with Gasteiger partial charge in [0.05, 0.1) is 6.61 Å². The van der Waals surface area contributed by atoms with E-state index in [0.29, 0.717) is 23.8 Å². The molecule has 0 spiro atoms. The second-order valence-corrected chi connectivity index (χ2v) is 9.29. The number of ether oxygens (including phenoxy) is 1. The minimum absolute atomic E-state index is 0.316. The number of benzene rings is 2. The Hall–Kier alpha value is -2.27. The Kier molecular flexibility index (Phi) is 10.1. The number of rotatable bonds is 10. The molecule has 0 atom stereocenters. The topological polar surface area (TPSA) is 9.23 Å². The van der Waals surface area contributed by atoms with E-state index in [1.807, 2.05) is 6.07 Å². The van der Waals surface area contributed by atoms with E-state index in [9.17, 15) is 4.39 Å². The zero-order valence-corrected chi connectivity index (χ0v) is 20.0. The highest BCUT2D eigenvalue weighted by molar-refractivity contribution is 5.45. The van der Waals surface area contributed by atoms with Crippen molar-refractivity contribution < 1.29 is 9.13 Å². The molecule has 172 valence electrons. The summed E-state index contributed by atoms with van der Waals surface area (Å²) in [4.78, 5) is 0. The van der Waals surface area contributed by atoms with Crippen molar-refractivity contribution in [3.8, 4) is 17.6 Å². The normalized spacial score (nSPS) is 18.1. The van der Waals surface area contributed by atoms with Crippen LogP contribution >= 0.6 is 0 Å². The molecule has 3 rings (SSSR count). The van der Waals surface area contributed by atoms with Crippen LogP contribution in [0.1, 0.15) is 107 Å². The highest BCUT2D eigenvalue weighted by Gasteiger charge is 2.21. The van der Waals surface area contributed by atoms with E-state index in [1.165, 1.54) is 63.0 Å². The van der Waals surface area contributed by atoms with Gasteiger partial charge in [-0.3, -0.25) is 0 Å². The van der Waals surface area contributed by atoms with E-state index in [4.69, 9.17) is 4.74 Å². The zero-order chi connectivity index (χ0) is 22.6. The SMILES string of the molecule is CCCCCOc1ccc(C#Cc2ccc(C3CCC(CCCCC)CC3)cc2)cc1F. The van der Waals surface area contributed by atoms with Gasteiger partial charge in [-0.2, -0.15) is 0 Å². The predicted octanol–water partition coefficient (Wildman–Crippen LogP) is 8.65. The van der Waals surface area contributed by atoms with E-state index in [-0.39, 0.29) is 5.82 Å². The molecule has 1 aliphatic rings. The first-order valence-electron chi connectivity index (χ1n) is 12.7. The van der Waals surface area contributed by atoms with Gasteiger partial charge in [0.25, 0.3) is 0 Å². The van der Waals surface area contributed by atoms with Crippen molar-refractivity contribution in [3.63, 3.8) is 0 Å². The number of unbranched alkanes of at least 4 members (excludes halogenated alkanes) is 4. The fourth-order valence-electron chi connectivity index (χ4n) is 4.68. The third kappa shape index (κ3) is 7.70. The second kappa shape index (κ2) is 13.3. The lowest BCUT2D eigenvalue weighted by molar-refractivity contribution is 0.291. The van der Waals surface area contributed by atoms with Gasteiger partial charge in [-0.15, -0.1) is 0 Å². The first kappa shape index (κ1) is 24.4.